The Bertz CT molecular complexity index is 277. The average molecular weight is 193 g/mol. The molecule has 1 aliphatic carbocycles. The van der Waals surface area contributed by atoms with Crippen molar-refractivity contribution in [2.45, 2.75) is 26.4 Å². The standard InChI is InChI=1S/C11H15NO2/c1-9(2)14-12-11-6-4-3-5-10(11)7-8-13/h3-6,8-10H,7H2,1-2H3/b12-11-. The first kappa shape index (κ1) is 10.7. The van der Waals surface area contributed by atoms with Gasteiger partial charge in [-0.05, 0) is 19.9 Å². The van der Waals surface area contributed by atoms with E-state index in [-0.39, 0.29) is 12.0 Å². The zero-order valence-corrected chi connectivity index (χ0v) is 8.51. The van der Waals surface area contributed by atoms with Crippen molar-refractivity contribution in [1.29, 1.82) is 0 Å². The molecule has 0 aromatic heterocycles. The van der Waals surface area contributed by atoms with E-state index in [1.54, 1.807) is 0 Å². The summed E-state index contributed by atoms with van der Waals surface area (Å²) in [4.78, 5) is 15.5. The SMILES string of the molecule is CC(C)O/N=C1/C=CC=CC1CC=O. The highest BCUT2D eigenvalue weighted by molar-refractivity contribution is 5.99. The summed E-state index contributed by atoms with van der Waals surface area (Å²) in [5.41, 5.74) is 0.813. The van der Waals surface area contributed by atoms with Crippen molar-refractivity contribution in [1.82, 2.24) is 0 Å². The molecule has 1 aliphatic rings. The number of hydrogen-bond acceptors (Lipinski definition) is 3. The summed E-state index contributed by atoms with van der Waals surface area (Å²) in [5.74, 6) is 0.0660. The third kappa shape index (κ3) is 3.17. The normalized spacial score (nSPS) is 23.1. The predicted molar refractivity (Wildman–Crippen MR) is 56.1 cm³/mol. The molecule has 0 heterocycles. The Morgan fingerprint density at radius 2 is 2.36 bits per heavy atom. The van der Waals surface area contributed by atoms with Gasteiger partial charge in [0.25, 0.3) is 0 Å². The second-order valence-corrected chi connectivity index (χ2v) is 3.42. The van der Waals surface area contributed by atoms with Crippen LogP contribution in [0, 0.1) is 5.92 Å². The van der Waals surface area contributed by atoms with E-state index in [1.165, 1.54) is 0 Å². The third-order valence-electron chi connectivity index (χ3n) is 1.82. The third-order valence-corrected chi connectivity index (χ3v) is 1.82. The van der Waals surface area contributed by atoms with E-state index in [0.29, 0.717) is 6.42 Å². The van der Waals surface area contributed by atoms with Crippen LogP contribution in [0.3, 0.4) is 0 Å². The van der Waals surface area contributed by atoms with Crippen molar-refractivity contribution in [2.75, 3.05) is 0 Å². The lowest BCUT2D eigenvalue weighted by atomic mass is 9.96. The molecule has 0 N–H and O–H groups in total. The summed E-state index contributed by atoms with van der Waals surface area (Å²) in [6, 6.07) is 0. The quantitative estimate of drug-likeness (QED) is 0.506. The van der Waals surface area contributed by atoms with Gasteiger partial charge in [0, 0.05) is 12.3 Å². The lowest BCUT2D eigenvalue weighted by Gasteiger charge is -2.13. The first-order chi connectivity index (χ1) is 6.74. The van der Waals surface area contributed by atoms with Crippen LogP contribution in [-0.2, 0) is 9.63 Å². The van der Waals surface area contributed by atoms with Crippen LogP contribution in [0.25, 0.3) is 0 Å². The number of carbonyl (C=O) groups is 1. The van der Waals surface area contributed by atoms with Crippen molar-refractivity contribution in [2.24, 2.45) is 11.1 Å². The van der Waals surface area contributed by atoms with Crippen LogP contribution in [0.1, 0.15) is 20.3 Å². The Morgan fingerprint density at radius 1 is 1.57 bits per heavy atom. The molecule has 1 unspecified atom stereocenters. The first-order valence-electron chi connectivity index (χ1n) is 4.76. The van der Waals surface area contributed by atoms with Gasteiger partial charge in [-0.2, -0.15) is 0 Å². The molecule has 0 spiro atoms. The van der Waals surface area contributed by atoms with E-state index in [9.17, 15) is 4.79 Å². The molecule has 0 bridgehead atoms. The van der Waals surface area contributed by atoms with E-state index in [0.717, 1.165) is 12.0 Å². The van der Waals surface area contributed by atoms with Gasteiger partial charge in [-0.1, -0.05) is 23.4 Å². The Kier molecular flexibility index (Phi) is 4.11. The number of rotatable bonds is 4. The smallest absolute Gasteiger partial charge is 0.122 e. The summed E-state index contributed by atoms with van der Waals surface area (Å²) in [6.45, 7) is 3.84. The minimum atomic E-state index is 0.0660. The van der Waals surface area contributed by atoms with Crippen LogP contribution in [0.15, 0.2) is 29.5 Å². The fourth-order valence-corrected chi connectivity index (χ4v) is 1.14. The maximum absolute atomic E-state index is 10.4. The average Bonchev–Trinajstić information content (AvgIpc) is 2.17. The molecular formula is C11H15NO2. The molecular weight excluding hydrogens is 178 g/mol. The maximum atomic E-state index is 10.4. The molecule has 0 aromatic carbocycles. The van der Waals surface area contributed by atoms with E-state index >= 15 is 0 Å². The van der Waals surface area contributed by atoms with Gasteiger partial charge in [0.1, 0.15) is 12.4 Å². The summed E-state index contributed by atoms with van der Waals surface area (Å²) in [7, 11) is 0. The number of aldehydes is 1. The monoisotopic (exact) mass is 193 g/mol. The number of oxime groups is 1. The summed E-state index contributed by atoms with van der Waals surface area (Å²) in [6.07, 6.45) is 9.07. The molecule has 0 fully saturated rings. The second-order valence-electron chi connectivity index (χ2n) is 3.42. The molecule has 0 saturated heterocycles. The molecule has 0 aromatic rings. The van der Waals surface area contributed by atoms with Crippen LogP contribution >= 0.6 is 0 Å². The fraction of sp³-hybridized carbons (Fsp3) is 0.455. The van der Waals surface area contributed by atoms with Gasteiger partial charge in [-0.15, -0.1) is 0 Å². The van der Waals surface area contributed by atoms with Gasteiger partial charge < -0.3 is 9.63 Å². The van der Waals surface area contributed by atoms with Gasteiger partial charge >= 0.3 is 0 Å². The fourth-order valence-electron chi connectivity index (χ4n) is 1.14. The van der Waals surface area contributed by atoms with Crippen molar-refractivity contribution in [3.63, 3.8) is 0 Å². The van der Waals surface area contributed by atoms with E-state index in [1.807, 2.05) is 38.2 Å². The molecule has 3 heteroatoms. The Balaban J connectivity index is 2.64. The van der Waals surface area contributed by atoms with Crippen molar-refractivity contribution in [3.8, 4) is 0 Å². The highest BCUT2D eigenvalue weighted by atomic mass is 16.6. The molecule has 1 rings (SSSR count). The van der Waals surface area contributed by atoms with Crippen LogP contribution in [0.4, 0.5) is 0 Å². The second kappa shape index (κ2) is 5.37. The molecule has 14 heavy (non-hydrogen) atoms. The minimum absolute atomic E-state index is 0.0660. The Morgan fingerprint density at radius 3 is 3.00 bits per heavy atom. The van der Waals surface area contributed by atoms with E-state index in [4.69, 9.17) is 4.84 Å². The van der Waals surface area contributed by atoms with Gasteiger partial charge in [-0.3, -0.25) is 0 Å². The van der Waals surface area contributed by atoms with Gasteiger partial charge in [0.15, 0.2) is 0 Å². The molecule has 0 aliphatic heterocycles. The molecule has 0 radical (unpaired) electrons. The molecule has 3 nitrogen and oxygen atoms in total. The van der Waals surface area contributed by atoms with Crippen molar-refractivity contribution >= 4 is 12.0 Å². The summed E-state index contributed by atoms with van der Waals surface area (Å²) >= 11 is 0. The van der Waals surface area contributed by atoms with Crippen molar-refractivity contribution < 1.29 is 9.63 Å². The number of hydrogen-bond donors (Lipinski definition) is 0. The van der Waals surface area contributed by atoms with Gasteiger partial charge in [0.05, 0.1) is 5.71 Å². The summed E-state index contributed by atoms with van der Waals surface area (Å²) in [5, 5.41) is 4.00. The van der Waals surface area contributed by atoms with Gasteiger partial charge in [0.2, 0.25) is 0 Å². The zero-order valence-electron chi connectivity index (χ0n) is 8.51. The summed E-state index contributed by atoms with van der Waals surface area (Å²) < 4.78 is 0. The first-order valence-corrected chi connectivity index (χ1v) is 4.76. The lowest BCUT2D eigenvalue weighted by Crippen LogP contribution is -2.14. The topological polar surface area (TPSA) is 38.7 Å². The zero-order chi connectivity index (χ0) is 10.4. The molecule has 1 atom stereocenters. The minimum Gasteiger partial charge on any atom is -0.393 e. The molecule has 76 valence electrons. The van der Waals surface area contributed by atoms with Crippen LogP contribution in [0.2, 0.25) is 0 Å². The lowest BCUT2D eigenvalue weighted by molar-refractivity contribution is -0.108. The van der Waals surface area contributed by atoms with E-state index in [2.05, 4.69) is 5.16 Å². The molecule has 0 amide bonds. The van der Waals surface area contributed by atoms with Crippen molar-refractivity contribution in [3.05, 3.63) is 24.3 Å². The van der Waals surface area contributed by atoms with E-state index < -0.39 is 0 Å². The van der Waals surface area contributed by atoms with Crippen LogP contribution in [0.5, 0.6) is 0 Å². The largest absolute Gasteiger partial charge is 0.393 e. The predicted octanol–water partition coefficient (Wildman–Crippen LogP) is 2.10. The van der Waals surface area contributed by atoms with Crippen LogP contribution < -0.4 is 0 Å². The number of carbonyl (C=O) groups excluding carboxylic acids is 1. The highest BCUT2D eigenvalue weighted by Gasteiger charge is 2.13. The number of allylic oxidation sites excluding steroid dienone is 4. The molecule has 0 saturated carbocycles. The van der Waals surface area contributed by atoms with Crippen LogP contribution in [-0.4, -0.2) is 18.1 Å². The van der Waals surface area contributed by atoms with Gasteiger partial charge in [-0.25, -0.2) is 0 Å². The Labute approximate surface area is 84.1 Å². The number of nitrogens with zero attached hydrogens (tertiary/aromatic N) is 1. The maximum Gasteiger partial charge on any atom is 0.122 e. The Hall–Kier alpha value is -1.38. The highest BCUT2D eigenvalue weighted by Crippen LogP contribution is 2.13.